The summed E-state index contributed by atoms with van der Waals surface area (Å²) in [6, 6.07) is 3.57. The molecular weight excluding hydrogens is 322 g/mol. The normalized spacial score (nSPS) is 11.0. The van der Waals surface area contributed by atoms with Gasteiger partial charge >= 0.3 is 0 Å². The van der Waals surface area contributed by atoms with E-state index in [4.69, 9.17) is 21.8 Å². The number of carbonyl (C=O) groups excluding carboxylic acids is 1. The number of pyridine rings is 1. The van der Waals surface area contributed by atoms with Crippen LogP contribution in [-0.2, 0) is 6.54 Å². The summed E-state index contributed by atoms with van der Waals surface area (Å²) in [6.45, 7) is 4.03. The molecule has 0 saturated carbocycles. The maximum atomic E-state index is 12.3. The highest BCUT2D eigenvalue weighted by Crippen LogP contribution is 2.38. The van der Waals surface area contributed by atoms with Gasteiger partial charge in [0.15, 0.2) is 0 Å². The van der Waals surface area contributed by atoms with Crippen LogP contribution in [0.3, 0.4) is 0 Å². The lowest BCUT2D eigenvalue weighted by Crippen LogP contribution is -2.22. The molecule has 1 amide bonds. The van der Waals surface area contributed by atoms with Crippen molar-refractivity contribution in [1.29, 1.82) is 0 Å². The maximum absolute atomic E-state index is 12.3. The molecule has 3 rings (SSSR count). The molecule has 0 aliphatic rings. The van der Waals surface area contributed by atoms with Gasteiger partial charge in [-0.25, -0.2) is 4.98 Å². The summed E-state index contributed by atoms with van der Waals surface area (Å²) < 4.78 is 5.19. The number of aromatic nitrogens is 1. The molecule has 3 aromatic rings. The van der Waals surface area contributed by atoms with Gasteiger partial charge in [0.25, 0.3) is 5.91 Å². The number of nitrogens with zero attached hydrogens (tertiary/aromatic N) is 1. The Morgan fingerprint density at radius 2 is 2.27 bits per heavy atom. The number of hydrogen-bond acceptors (Lipinski definition) is 5. The van der Waals surface area contributed by atoms with Crippen LogP contribution in [0.15, 0.2) is 22.8 Å². The maximum Gasteiger partial charge on any atom is 0.263 e. The first kappa shape index (κ1) is 14.9. The van der Waals surface area contributed by atoms with Crippen LogP contribution in [0.4, 0.5) is 5.69 Å². The average Bonchev–Trinajstić information content (AvgIpc) is 3.10. The fourth-order valence-electron chi connectivity index (χ4n) is 2.28. The number of nitrogens with two attached hydrogens (primary N) is 1. The Morgan fingerprint density at radius 3 is 2.95 bits per heavy atom. The zero-order valence-corrected chi connectivity index (χ0v) is 13.6. The summed E-state index contributed by atoms with van der Waals surface area (Å²) in [6.07, 6.45) is 1.56. The summed E-state index contributed by atoms with van der Waals surface area (Å²) in [5.74, 6) is 0.436. The lowest BCUT2D eigenvalue weighted by Gasteiger charge is -2.04. The van der Waals surface area contributed by atoms with Crippen LogP contribution in [0.2, 0.25) is 5.02 Å². The second-order valence-electron chi connectivity index (χ2n) is 4.92. The van der Waals surface area contributed by atoms with Gasteiger partial charge in [-0.2, -0.15) is 0 Å². The van der Waals surface area contributed by atoms with E-state index in [2.05, 4.69) is 10.3 Å². The van der Waals surface area contributed by atoms with Gasteiger partial charge in [0.2, 0.25) is 0 Å². The number of anilines is 1. The molecule has 0 spiro atoms. The predicted octanol–water partition coefficient (Wildman–Crippen LogP) is 3.67. The van der Waals surface area contributed by atoms with Crippen molar-refractivity contribution in [3.8, 4) is 0 Å². The van der Waals surface area contributed by atoms with Crippen LogP contribution in [0.25, 0.3) is 10.2 Å². The third kappa shape index (κ3) is 2.44. The van der Waals surface area contributed by atoms with E-state index in [9.17, 15) is 4.79 Å². The van der Waals surface area contributed by atoms with Crippen LogP contribution >= 0.6 is 22.9 Å². The summed E-state index contributed by atoms with van der Waals surface area (Å²) in [4.78, 5) is 17.9. The van der Waals surface area contributed by atoms with Crippen LogP contribution in [0, 0.1) is 13.8 Å². The van der Waals surface area contributed by atoms with Gasteiger partial charge in [-0.1, -0.05) is 11.6 Å². The number of hydrogen-bond donors (Lipinski definition) is 2. The summed E-state index contributed by atoms with van der Waals surface area (Å²) in [5.41, 5.74) is 8.14. The second kappa shape index (κ2) is 5.62. The molecule has 0 aliphatic heterocycles. The quantitative estimate of drug-likeness (QED) is 0.765. The molecule has 0 saturated heterocycles. The summed E-state index contributed by atoms with van der Waals surface area (Å²) in [5, 5.41) is 4.13. The van der Waals surface area contributed by atoms with E-state index in [0.717, 1.165) is 21.5 Å². The first-order valence-corrected chi connectivity index (χ1v) is 7.83. The Hall–Kier alpha value is -2.05. The van der Waals surface area contributed by atoms with Gasteiger partial charge < -0.3 is 15.5 Å². The minimum absolute atomic E-state index is 0.245. The van der Waals surface area contributed by atoms with Gasteiger partial charge in [0.05, 0.1) is 29.2 Å². The molecule has 0 radical (unpaired) electrons. The Balaban J connectivity index is 1.95. The third-order valence-corrected chi connectivity index (χ3v) is 5.08. The lowest BCUT2D eigenvalue weighted by molar-refractivity contribution is 0.0953. The predicted molar refractivity (Wildman–Crippen MR) is 88.4 cm³/mol. The number of fused-ring (bicyclic) bond motifs is 1. The van der Waals surface area contributed by atoms with Crippen molar-refractivity contribution in [2.45, 2.75) is 20.4 Å². The molecule has 22 heavy (non-hydrogen) atoms. The third-order valence-electron chi connectivity index (χ3n) is 3.43. The van der Waals surface area contributed by atoms with Crippen molar-refractivity contribution in [2.75, 3.05) is 5.73 Å². The van der Waals surface area contributed by atoms with E-state index in [0.29, 0.717) is 27.9 Å². The Bertz CT molecular complexity index is 856. The van der Waals surface area contributed by atoms with E-state index in [1.54, 1.807) is 18.4 Å². The topological polar surface area (TPSA) is 81.2 Å². The molecule has 3 N–H and O–H groups in total. The first-order chi connectivity index (χ1) is 10.5. The standard InChI is InChI=1S/C15H14ClN3O2S/c1-7-10-12(17)13(22-15(10)19-8(2)11(7)16)14(20)18-6-9-4-3-5-21-9/h3-5H,6,17H2,1-2H3,(H,18,20). The molecule has 0 unspecified atom stereocenters. The number of nitrogens with one attached hydrogen (secondary N) is 1. The Labute approximate surface area is 136 Å². The largest absolute Gasteiger partial charge is 0.467 e. The molecule has 114 valence electrons. The van der Waals surface area contributed by atoms with Gasteiger partial charge in [-0.3, -0.25) is 4.79 Å². The van der Waals surface area contributed by atoms with E-state index < -0.39 is 0 Å². The van der Waals surface area contributed by atoms with E-state index >= 15 is 0 Å². The molecule has 5 nitrogen and oxygen atoms in total. The van der Waals surface area contributed by atoms with Crippen LogP contribution in [0.1, 0.15) is 26.7 Å². The zero-order chi connectivity index (χ0) is 15.9. The highest BCUT2D eigenvalue weighted by Gasteiger charge is 2.20. The van der Waals surface area contributed by atoms with E-state index in [1.165, 1.54) is 11.3 Å². The summed E-state index contributed by atoms with van der Waals surface area (Å²) >= 11 is 7.49. The first-order valence-electron chi connectivity index (χ1n) is 6.64. The van der Waals surface area contributed by atoms with Crippen molar-refractivity contribution in [1.82, 2.24) is 10.3 Å². The number of nitrogen functional groups attached to an aromatic ring is 1. The summed E-state index contributed by atoms with van der Waals surface area (Å²) in [7, 11) is 0. The molecule has 0 bridgehead atoms. The van der Waals surface area contributed by atoms with Crippen molar-refractivity contribution < 1.29 is 9.21 Å². The monoisotopic (exact) mass is 335 g/mol. The van der Waals surface area contributed by atoms with Crippen molar-refractivity contribution >= 4 is 44.7 Å². The van der Waals surface area contributed by atoms with Crippen LogP contribution in [0.5, 0.6) is 0 Å². The number of halogens is 1. The van der Waals surface area contributed by atoms with Gasteiger partial charge in [-0.15, -0.1) is 11.3 Å². The van der Waals surface area contributed by atoms with Gasteiger partial charge in [0.1, 0.15) is 15.5 Å². The molecule has 0 atom stereocenters. The number of thiophene rings is 1. The number of carbonyl (C=O) groups is 1. The van der Waals surface area contributed by atoms with E-state index in [1.807, 2.05) is 13.8 Å². The fraction of sp³-hybridized carbons (Fsp3) is 0.200. The molecule has 3 aromatic heterocycles. The molecule has 0 fully saturated rings. The number of furan rings is 1. The second-order valence-corrected chi connectivity index (χ2v) is 6.30. The van der Waals surface area contributed by atoms with Gasteiger partial charge in [-0.05, 0) is 31.5 Å². The smallest absolute Gasteiger partial charge is 0.263 e. The molecule has 0 aliphatic carbocycles. The zero-order valence-electron chi connectivity index (χ0n) is 12.1. The highest BCUT2D eigenvalue weighted by molar-refractivity contribution is 7.21. The van der Waals surface area contributed by atoms with Crippen LogP contribution < -0.4 is 11.1 Å². The minimum Gasteiger partial charge on any atom is -0.467 e. The fourth-order valence-corrected chi connectivity index (χ4v) is 3.54. The van der Waals surface area contributed by atoms with E-state index in [-0.39, 0.29) is 5.91 Å². The molecule has 3 heterocycles. The van der Waals surface area contributed by atoms with Crippen molar-refractivity contribution in [3.63, 3.8) is 0 Å². The van der Waals surface area contributed by atoms with Gasteiger partial charge in [0, 0.05) is 5.39 Å². The molecule has 0 aromatic carbocycles. The Morgan fingerprint density at radius 1 is 1.50 bits per heavy atom. The SMILES string of the molecule is Cc1nc2sc(C(=O)NCc3ccco3)c(N)c2c(C)c1Cl. The Kier molecular flexibility index (Phi) is 3.80. The number of amides is 1. The lowest BCUT2D eigenvalue weighted by atomic mass is 10.1. The van der Waals surface area contributed by atoms with Crippen LogP contribution in [-0.4, -0.2) is 10.9 Å². The minimum atomic E-state index is -0.245. The molecular formula is C15H14ClN3O2S. The van der Waals surface area contributed by atoms with Crippen molar-refractivity contribution in [3.05, 3.63) is 45.3 Å². The highest BCUT2D eigenvalue weighted by atomic mass is 35.5. The molecule has 7 heteroatoms. The number of aryl methyl sites for hydroxylation is 2. The number of rotatable bonds is 3. The average molecular weight is 336 g/mol. The van der Waals surface area contributed by atoms with Crippen molar-refractivity contribution in [2.24, 2.45) is 0 Å².